The minimum Gasteiger partial charge on any atom is -0.485 e. The van der Waals surface area contributed by atoms with E-state index in [-0.39, 0.29) is 5.11 Å². The third-order valence-electron chi connectivity index (χ3n) is 3.83. The van der Waals surface area contributed by atoms with Gasteiger partial charge < -0.3 is 15.2 Å². The van der Waals surface area contributed by atoms with Gasteiger partial charge in [-0.05, 0) is 47.1 Å². The summed E-state index contributed by atoms with van der Waals surface area (Å²) in [6.45, 7) is 0.896. The lowest BCUT2D eigenvalue weighted by Gasteiger charge is -2.14. The minimum absolute atomic E-state index is 0.111. The third-order valence-corrected chi connectivity index (χ3v) is 3.92. The van der Waals surface area contributed by atoms with Gasteiger partial charge in [-0.2, -0.15) is 5.10 Å². The topological polar surface area (TPSA) is 68.9 Å². The van der Waals surface area contributed by atoms with E-state index in [1.807, 2.05) is 78.9 Å². The van der Waals surface area contributed by atoms with E-state index < -0.39 is 0 Å². The van der Waals surface area contributed by atoms with Crippen LogP contribution in [0.4, 0.5) is 0 Å². The van der Waals surface area contributed by atoms with Crippen molar-refractivity contribution in [2.24, 2.45) is 10.8 Å². The fraction of sp³-hybridized carbons (Fsp3) is 0.0909. The van der Waals surface area contributed by atoms with E-state index >= 15 is 0 Å². The first-order valence-electron chi connectivity index (χ1n) is 8.77. The summed E-state index contributed by atoms with van der Waals surface area (Å²) in [5, 5.41) is 4.10. The van der Waals surface area contributed by atoms with Crippen molar-refractivity contribution in [2.75, 3.05) is 0 Å². The molecule has 3 rings (SSSR count). The van der Waals surface area contributed by atoms with Gasteiger partial charge >= 0.3 is 0 Å². The summed E-state index contributed by atoms with van der Waals surface area (Å²) in [7, 11) is 0. The highest BCUT2D eigenvalue weighted by Gasteiger charge is 2.08. The van der Waals surface area contributed by atoms with Crippen molar-refractivity contribution in [3.8, 4) is 11.5 Å². The van der Waals surface area contributed by atoms with Crippen LogP contribution >= 0.6 is 12.2 Å². The fourth-order valence-corrected chi connectivity index (χ4v) is 2.53. The lowest BCUT2D eigenvalue weighted by Crippen LogP contribution is -2.23. The average Bonchev–Trinajstić information content (AvgIpc) is 2.73. The Hall–Kier alpha value is -3.38. The van der Waals surface area contributed by atoms with Gasteiger partial charge in [0.2, 0.25) is 0 Å². The molecule has 0 atom stereocenters. The summed E-state index contributed by atoms with van der Waals surface area (Å²) in [5.41, 5.74) is 10.9. The van der Waals surface area contributed by atoms with Crippen molar-refractivity contribution >= 4 is 23.5 Å². The Morgan fingerprint density at radius 1 is 0.857 bits per heavy atom. The molecule has 3 N–H and O–H groups in total. The number of ether oxygens (including phenoxy) is 2. The second-order valence-electron chi connectivity index (χ2n) is 5.99. The number of hydrogen-bond donors (Lipinski definition) is 2. The Morgan fingerprint density at radius 2 is 1.43 bits per heavy atom. The summed E-state index contributed by atoms with van der Waals surface area (Å²) in [5.74, 6) is 1.30. The van der Waals surface area contributed by atoms with Crippen molar-refractivity contribution < 1.29 is 9.47 Å². The molecule has 0 aliphatic heterocycles. The van der Waals surface area contributed by atoms with Gasteiger partial charge in [0.05, 0.1) is 6.21 Å². The van der Waals surface area contributed by atoms with Crippen LogP contribution in [-0.4, -0.2) is 11.3 Å². The van der Waals surface area contributed by atoms with Crippen LogP contribution in [0.5, 0.6) is 11.5 Å². The molecule has 28 heavy (non-hydrogen) atoms. The molecule has 0 aliphatic carbocycles. The van der Waals surface area contributed by atoms with Crippen LogP contribution in [0.1, 0.15) is 16.7 Å². The number of nitrogens with zero attached hydrogens (tertiary/aromatic N) is 1. The Kier molecular flexibility index (Phi) is 6.98. The highest BCUT2D eigenvalue weighted by Crippen LogP contribution is 2.29. The molecular weight excluding hydrogens is 370 g/mol. The molecule has 0 heterocycles. The Balaban J connectivity index is 1.76. The molecule has 0 aliphatic rings. The van der Waals surface area contributed by atoms with Gasteiger partial charge in [-0.1, -0.05) is 60.7 Å². The second kappa shape index (κ2) is 10.1. The molecule has 0 aromatic heterocycles. The zero-order valence-corrected chi connectivity index (χ0v) is 16.1. The van der Waals surface area contributed by atoms with Gasteiger partial charge in [0.1, 0.15) is 13.2 Å². The van der Waals surface area contributed by atoms with Crippen LogP contribution in [0, 0.1) is 0 Å². The number of thiocarbonyl (C=S) groups is 1. The predicted molar refractivity (Wildman–Crippen MR) is 116 cm³/mol. The zero-order chi connectivity index (χ0) is 19.6. The van der Waals surface area contributed by atoms with Gasteiger partial charge in [-0.25, -0.2) is 0 Å². The van der Waals surface area contributed by atoms with Crippen LogP contribution in [0.15, 0.2) is 84.0 Å². The summed E-state index contributed by atoms with van der Waals surface area (Å²) < 4.78 is 12.0. The van der Waals surface area contributed by atoms with E-state index in [9.17, 15) is 0 Å². The molecule has 3 aromatic rings. The molecule has 5 nitrogen and oxygen atoms in total. The first-order valence-corrected chi connectivity index (χ1v) is 9.17. The number of rotatable bonds is 8. The zero-order valence-electron chi connectivity index (χ0n) is 15.2. The van der Waals surface area contributed by atoms with E-state index in [0.29, 0.717) is 24.7 Å². The Labute approximate surface area is 169 Å². The van der Waals surface area contributed by atoms with E-state index in [1.165, 1.54) is 0 Å². The molecule has 142 valence electrons. The van der Waals surface area contributed by atoms with Crippen LogP contribution in [-0.2, 0) is 13.2 Å². The summed E-state index contributed by atoms with van der Waals surface area (Å²) in [4.78, 5) is 0. The monoisotopic (exact) mass is 391 g/mol. The second-order valence-corrected chi connectivity index (χ2v) is 6.43. The van der Waals surface area contributed by atoms with Crippen LogP contribution in [0.25, 0.3) is 0 Å². The first-order chi connectivity index (χ1) is 13.7. The molecule has 0 radical (unpaired) electrons. The number of hydrogen-bond acceptors (Lipinski definition) is 4. The lowest BCUT2D eigenvalue weighted by atomic mass is 10.2. The largest absolute Gasteiger partial charge is 0.485 e. The van der Waals surface area contributed by atoms with Crippen LogP contribution in [0.3, 0.4) is 0 Å². The molecule has 0 saturated carbocycles. The van der Waals surface area contributed by atoms with Gasteiger partial charge in [-0.15, -0.1) is 0 Å². The Bertz CT molecular complexity index is 931. The third kappa shape index (κ3) is 6.10. The summed E-state index contributed by atoms with van der Waals surface area (Å²) >= 11 is 4.74. The lowest BCUT2D eigenvalue weighted by molar-refractivity contribution is 0.256. The maximum atomic E-state index is 6.02. The number of nitrogens with one attached hydrogen (secondary N) is 1. The Morgan fingerprint density at radius 3 is 2.00 bits per heavy atom. The molecular formula is C22H21N3O2S. The normalized spacial score (nSPS) is 10.6. The molecule has 0 fully saturated rings. The highest BCUT2D eigenvalue weighted by molar-refractivity contribution is 7.80. The van der Waals surface area contributed by atoms with Crippen molar-refractivity contribution in [2.45, 2.75) is 13.2 Å². The van der Waals surface area contributed by atoms with Gasteiger partial charge in [0.25, 0.3) is 0 Å². The standard InChI is InChI=1S/C22H21N3O2S/c23-22(28)25-24-14-19-11-12-20(26-15-17-7-3-1-4-8-17)21(13-19)27-16-18-9-5-2-6-10-18/h1-14H,15-16H2,(H3,23,25,28). The minimum atomic E-state index is 0.111. The molecule has 6 heteroatoms. The van der Waals surface area contributed by atoms with Crippen molar-refractivity contribution in [1.29, 1.82) is 0 Å². The van der Waals surface area contributed by atoms with E-state index in [4.69, 9.17) is 27.4 Å². The van der Waals surface area contributed by atoms with Gasteiger partial charge in [0, 0.05) is 0 Å². The average molecular weight is 391 g/mol. The molecule has 0 amide bonds. The van der Waals surface area contributed by atoms with Crippen molar-refractivity contribution in [3.63, 3.8) is 0 Å². The number of benzene rings is 3. The molecule has 0 unspecified atom stereocenters. The molecule has 0 spiro atoms. The molecule has 0 bridgehead atoms. The van der Waals surface area contributed by atoms with Gasteiger partial charge in [-0.3, -0.25) is 5.43 Å². The van der Waals surface area contributed by atoms with E-state index in [1.54, 1.807) is 6.21 Å². The van der Waals surface area contributed by atoms with Crippen LogP contribution in [0.2, 0.25) is 0 Å². The number of hydrazone groups is 1. The van der Waals surface area contributed by atoms with Crippen molar-refractivity contribution in [3.05, 3.63) is 95.6 Å². The fourth-order valence-electron chi connectivity index (χ4n) is 2.48. The van der Waals surface area contributed by atoms with Crippen LogP contribution < -0.4 is 20.6 Å². The quantitative estimate of drug-likeness (QED) is 0.345. The first kappa shape index (κ1) is 19.4. The summed E-state index contributed by atoms with van der Waals surface area (Å²) in [6.07, 6.45) is 1.62. The van der Waals surface area contributed by atoms with Crippen molar-refractivity contribution in [1.82, 2.24) is 5.43 Å². The smallest absolute Gasteiger partial charge is 0.184 e. The number of nitrogens with two attached hydrogens (primary N) is 1. The van der Waals surface area contributed by atoms with E-state index in [2.05, 4.69) is 10.5 Å². The maximum Gasteiger partial charge on any atom is 0.184 e. The summed E-state index contributed by atoms with van der Waals surface area (Å²) in [6, 6.07) is 25.6. The SMILES string of the molecule is NC(=S)NN=Cc1ccc(OCc2ccccc2)c(OCc2ccccc2)c1. The predicted octanol–water partition coefficient (Wildman–Crippen LogP) is 4.01. The maximum absolute atomic E-state index is 6.02. The highest BCUT2D eigenvalue weighted by atomic mass is 32.1. The molecule has 0 saturated heterocycles. The van der Waals surface area contributed by atoms with Gasteiger partial charge in [0.15, 0.2) is 16.6 Å². The molecule has 3 aromatic carbocycles. The van der Waals surface area contributed by atoms with E-state index in [0.717, 1.165) is 16.7 Å².